The zero-order valence-corrected chi connectivity index (χ0v) is 11.0. The molecule has 2 rings (SSSR count). The van der Waals surface area contributed by atoms with Crippen molar-refractivity contribution in [3.8, 4) is 0 Å². The number of nitrogens with two attached hydrogens (primary N) is 1. The summed E-state index contributed by atoms with van der Waals surface area (Å²) in [7, 11) is 0. The average Bonchev–Trinajstić information content (AvgIpc) is 2.30. The molecule has 0 bridgehead atoms. The van der Waals surface area contributed by atoms with Gasteiger partial charge in [-0.05, 0) is 42.2 Å². The van der Waals surface area contributed by atoms with Gasteiger partial charge in [-0.15, -0.1) is 12.4 Å². The van der Waals surface area contributed by atoms with Gasteiger partial charge in [0.1, 0.15) is 0 Å². The number of aryl methyl sites for hydroxylation is 2. The third-order valence-corrected chi connectivity index (χ3v) is 2.99. The minimum atomic E-state index is 0. The molecule has 0 heterocycles. The van der Waals surface area contributed by atoms with E-state index in [2.05, 4.69) is 18.2 Å². The minimum absolute atomic E-state index is 0. The maximum atomic E-state index is 6.10. The van der Waals surface area contributed by atoms with Crippen LogP contribution in [-0.4, -0.2) is 0 Å². The Morgan fingerprint density at radius 1 is 0.882 bits per heavy atom. The Kier molecular flexibility index (Phi) is 5.33. The summed E-state index contributed by atoms with van der Waals surface area (Å²) in [4.78, 5) is 0. The summed E-state index contributed by atoms with van der Waals surface area (Å²) in [5, 5.41) is 0.845. The fourth-order valence-electron chi connectivity index (χ4n) is 1.66. The number of rotatable bonds is 3. The van der Waals surface area contributed by atoms with E-state index in [9.17, 15) is 0 Å². The van der Waals surface area contributed by atoms with Crippen molar-refractivity contribution in [3.05, 3.63) is 64.7 Å². The molecule has 0 aliphatic rings. The monoisotopic (exact) mass is 267 g/mol. The first kappa shape index (κ1) is 13.9. The maximum Gasteiger partial charge on any atom is 0.0438 e. The van der Waals surface area contributed by atoms with Crippen molar-refractivity contribution in [2.24, 2.45) is 0 Å². The number of nitrogen functional groups attached to an aromatic ring is 1. The highest BCUT2D eigenvalue weighted by Crippen LogP contribution is 2.17. The van der Waals surface area contributed by atoms with E-state index in [1.807, 2.05) is 30.3 Å². The lowest BCUT2D eigenvalue weighted by atomic mass is 10.0. The van der Waals surface area contributed by atoms with Gasteiger partial charge in [0.15, 0.2) is 0 Å². The first-order valence-corrected chi connectivity index (χ1v) is 5.71. The average molecular weight is 268 g/mol. The van der Waals surface area contributed by atoms with Crippen LogP contribution in [0.5, 0.6) is 0 Å². The number of benzene rings is 2. The van der Waals surface area contributed by atoms with Gasteiger partial charge >= 0.3 is 0 Å². The van der Waals surface area contributed by atoms with E-state index in [-0.39, 0.29) is 12.4 Å². The Morgan fingerprint density at radius 2 is 1.53 bits per heavy atom. The highest BCUT2D eigenvalue weighted by molar-refractivity contribution is 6.31. The largest absolute Gasteiger partial charge is 0.399 e. The topological polar surface area (TPSA) is 26.0 Å². The zero-order chi connectivity index (χ0) is 11.4. The number of hydrogen-bond acceptors (Lipinski definition) is 1. The highest BCUT2D eigenvalue weighted by atomic mass is 35.5. The van der Waals surface area contributed by atoms with Gasteiger partial charge in [0.2, 0.25) is 0 Å². The molecule has 2 N–H and O–H groups in total. The molecule has 0 atom stereocenters. The lowest BCUT2D eigenvalue weighted by Gasteiger charge is -2.04. The van der Waals surface area contributed by atoms with Crippen molar-refractivity contribution in [2.75, 3.05) is 5.73 Å². The van der Waals surface area contributed by atoms with Crippen LogP contribution in [0.2, 0.25) is 5.02 Å². The molecule has 0 aliphatic carbocycles. The predicted octanol–water partition coefficient (Wildman–Crippen LogP) is 4.13. The minimum Gasteiger partial charge on any atom is -0.399 e. The molecule has 0 radical (unpaired) electrons. The van der Waals surface area contributed by atoms with Gasteiger partial charge in [-0.1, -0.05) is 41.9 Å². The van der Waals surface area contributed by atoms with Crippen LogP contribution in [0.25, 0.3) is 0 Å². The first-order chi connectivity index (χ1) is 7.75. The van der Waals surface area contributed by atoms with Crippen LogP contribution >= 0.6 is 24.0 Å². The second-order valence-corrected chi connectivity index (χ2v) is 4.24. The van der Waals surface area contributed by atoms with E-state index in [1.165, 1.54) is 11.1 Å². The Morgan fingerprint density at radius 3 is 2.18 bits per heavy atom. The molecule has 90 valence electrons. The smallest absolute Gasteiger partial charge is 0.0438 e. The molecule has 2 aromatic carbocycles. The predicted molar refractivity (Wildman–Crippen MR) is 77.0 cm³/mol. The molecule has 0 spiro atoms. The molecular formula is C14H15Cl2N. The molecule has 0 fully saturated rings. The van der Waals surface area contributed by atoms with E-state index in [4.69, 9.17) is 17.3 Å². The van der Waals surface area contributed by atoms with Crippen LogP contribution < -0.4 is 5.73 Å². The molecule has 0 saturated carbocycles. The molecule has 3 heteroatoms. The Labute approximate surface area is 113 Å². The molecule has 0 saturated heterocycles. The molecule has 1 nitrogen and oxygen atoms in total. The molecule has 0 amide bonds. The number of anilines is 1. The summed E-state index contributed by atoms with van der Waals surface area (Å²) in [6, 6.07) is 16.0. The van der Waals surface area contributed by atoms with E-state index >= 15 is 0 Å². The fourth-order valence-corrected chi connectivity index (χ4v) is 1.89. The third kappa shape index (κ3) is 3.95. The summed E-state index contributed by atoms with van der Waals surface area (Å²) in [5.41, 5.74) is 8.93. The van der Waals surface area contributed by atoms with Gasteiger partial charge in [0, 0.05) is 10.7 Å². The van der Waals surface area contributed by atoms with Crippen LogP contribution in [0.1, 0.15) is 11.1 Å². The van der Waals surface area contributed by atoms with Gasteiger partial charge in [0.05, 0.1) is 0 Å². The van der Waals surface area contributed by atoms with Crippen molar-refractivity contribution in [1.29, 1.82) is 0 Å². The van der Waals surface area contributed by atoms with Crippen LogP contribution in [0.15, 0.2) is 48.5 Å². The quantitative estimate of drug-likeness (QED) is 0.832. The summed E-state index contributed by atoms with van der Waals surface area (Å²) in [5.74, 6) is 0. The van der Waals surface area contributed by atoms with Gasteiger partial charge in [-0.25, -0.2) is 0 Å². The Balaban J connectivity index is 0.00000144. The molecule has 0 unspecified atom stereocenters. The Bertz CT molecular complexity index is 466. The van der Waals surface area contributed by atoms with Crippen molar-refractivity contribution in [1.82, 2.24) is 0 Å². The second kappa shape index (κ2) is 6.53. The fraction of sp³-hybridized carbons (Fsp3) is 0.143. The SMILES string of the molecule is Cl.Nc1ccc(CCc2ccccc2Cl)cc1. The van der Waals surface area contributed by atoms with Gasteiger partial charge in [-0.3, -0.25) is 0 Å². The highest BCUT2D eigenvalue weighted by Gasteiger charge is 1.99. The standard InChI is InChI=1S/C14H14ClN.ClH/c15-14-4-2-1-3-12(14)8-5-11-6-9-13(16)10-7-11;/h1-4,6-7,9-10H,5,8,16H2;1H. The molecule has 2 aromatic rings. The second-order valence-electron chi connectivity index (χ2n) is 3.83. The van der Waals surface area contributed by atoms with Gasteiger partial charge in [-0.2, -0.15) is 0 Å². The maximum absolute atomic E-state index is 6.10. The van der Waals surface area contributed by atoms with E-state index in [0.29, 0.717) is 0 Å². The normalized spacial score (nSPS) is 9.71. The van der Waals surface area contributed by atoms with Crippen molar-refractivity contribution >= 4 is 29.7 Å². The molecule has 17 heavy (non-hydrogen) atoms. The first-order valence-electron chi connectivity index (χ1n) is 5.33. The zero-order valence-electron chi connectivity index (χ0n) is 9.40. The number of halogens is 2. The van der Waals surface area contributed by atoms with Crippen molar-refractivity contribution in [2.45, 2.75) is 12.8 Å². The number of hydrogen-bond donors (Lipinski definition) is 1. The Hall–Kier alpha value is -1.18. The van der Waals surface area contributed by atoms with Crippen LogP contribution in [0.3, 0.4) is 0 Å². The molecular weight excluding hydrogens is 253 g/mol. The van der Waals surface area contributed by atoms with E-state index < -0.39 is 0 Å². The summed E-state index contributed by atoms with van der Waals surface area (Å²) < 4.78 is 0. The van der Waals surface area contributed by atoms with Crippen LogP contribution in [0, 0.1) is 0 Å². The van der Waals surface area contributed by atoms with Crippen LogP contribution in [0.4, 0.5) is 5.69 Å². The summed E-state index contributed by atoms with van der Waals surface area (Å²) in [6.07, 6.45) is 1.95. The summed E-state index contributed by atoms with van der Waals surface area (Å²) >= 11 is 6.10. The lowest BCUT2D eigenvalue weighted by Crippen LogP contribution is -1.92. The van der Waals surface area contributed by atoms with Crippen molar-refractivity contribution < 1.29 is 0 Å². The van der Waals surface area contributed by atoms with Crippen LogP contribution in [-0.2, 0) is 12.8 Å². The molecule has 0 aliphatic heterocycles. The summed E-state index contributed by atoms with van der Waals surface area (Å²) in [6.45, 7) is 0. The van der Waals surface area contributed by atoms with Crippen molar-refractivity contribution in [3.63, 3.8) is 0 Å². The van der Waals surface area contributed by atoms with Gasteiger partial charge < -0.3 is 5.73 Å². The third-order valence-electron chi connectivity index (χ3n) is 2.62. The van der Waals surface area contributed by atoms with E-state index in [0.717, 1.165) is 23.6 Å². The van der Waals surface area contributed by atoms with Gasteiger partial charge in [0.25, 0.3) is 0 Å². The molecule has 0 aromatic heterocycles. The van der Waals surface area contributed by atoms with E-state index in [1.54, 1.807) is 0 Å². The lowest BCUT2D eigenvalue weighted by molar-refractivity contribution is 0.961.